The maximum Gasteiger partial charge on any atom is 0.409 e. The van der Waals surface area contributed by atoms with E-state index in [2.05, 4.69) is 4.90 Å². The van der Waals surface area contributed by atoms with Crippen LogP contribution in [0.25, 0.3) is 0 Å². The number of amides is 2. The van der Waals surface area contributed by atoms with Crippen molar-refractivity contribution in [2.75, 3.05) is 39.3 Å². The lowest BCUT2D eigenvalue weighted by Crippen LogP contribution is -2.68. The molecule has 3 aliphatic rings. The molecule has 0 bridgehead atoms. The zero-order chi connectivity index (χ0) is 18.4. The second kappa shape index (κ2) is 8.88. The Hall–Kier alpha value is -1.30. The van der Waals surface area contributed by atoms with Gasteiger partial charge in [-0.3, -0.25) is 4.79 Å². The highest BCUT2D eigenvalue weighted by Gasteiger charge is 2.55. The third kappa shape index (κ3) is 4.27. The van der Waals surface area contributed by atoms with E-state index in [0.29, 0.717) is 24.1 Å². The van der Waals surface area contributed by atoms with E-state index in [-0.39, 0.29) is 6.09 Å². The summed E-state index contributed by atoms with van der Waals surface area (Å²) >= 11 is 0. The fourth-order valence-corrected chi connectivity index (χ4v) is 4.57. The maximum atomic E-state index is 11.7. The minimum Gasteiger partial charge on any atom is -0.450 e. The molecule has 1 spiro atoms. The summed E-state index contributed by atoms with van der Waals surface area (Å²) in [6.45, 7) is 13.1. The first kappa shape index (κ1) is 20.0. The third-order valence-corrected chi connectivity index (χ3v) is 5.90. The second-order valence-electron chi connectivity index (χ2n) is 7.32. The SMILES string of the molecule is CC.CCOC(=O)N1CC2(CC(N3CCC(N(C=O)CC)CC3)C2)C1. The van der Waals surface area contributed by atoms with Gasteiger partial charge in [-0.25, -0.2) is 4.79 Å². The van der Waals surface area contributed by atoms with E-state index in [1.807, 2.05) is 37.5 Å². The Bertz CT molecular complexity index is 435. The molecule has 0 N–H and O–H groups in total. The van der Waals surface area contributed by atoms with Crippen LogP contribution in [-0.4, -0.2) is 78.6 Å². The summed E-state index contributed by atoms with van der Waals surface area (Å²) in [6.07, 6.45) is 5.43. The van der Waals surface area contributed by atoms with Crippen molar-refractivity contribution < 1.29 is 14.3 Å². The molecule has 1 aliphatic carbocycles. The molecule has 0 aromatic rings. The van der Waals surface area contributed by atoms with Gasteiger partial charge in [-0.05, 0) is 39.5 Å². The number of ether oxygens (including phenoxy) is 1. The van der Waals surface area contributed by atoms with Crippen molar-refractivity contribution in [2.24, 2.45) is 5.41 Å². The molecule has 1 saturated carbocycles. The summed E-state index contributed by atoms with van der Waals surface area (Å²) in [7, 11) is 0. The zero-order valence-corrected chi connectivity index (χ0v) is 16.4. The smallest absolute Gasteiger partial charge is 0.409 e. The summed E-state index contributed by atoms with van der Waals surface area (Å²) in [5, 5.41) is 0. The highest BCUT2D eigenvalue weighted by Crippen LogP contribution is 2.50. The fourth-order valence-electron chi connectivity index (χ4n) is 4.57. The van der Waals surface area contributed by atoms with Crippen LogP contribution in [-0.2, 0) is 9.53 Å². The molecule has 2 amide bonds. The van der Waals surface area contributed by atoms with Crippen LogP contribution >= 0.6 is 0 Å². The van der Waals surface area contributed by atoms with Crippen molar-refractivity contribution in [3.05, 3.63) is 0 Å². The van der Waals surface area contributed by atoms with Crippen LogP contribution in [0, 0.1) is 5.41 Å². The summed E-state index contributed by atoms with van der Waals surface area (Å²) in [6, 6.07) is 1.09. The Kier molecular flexibility index (Phi) is 7.11. The van der Waals surface area contributed by atoms with Gasteiger partial charge in [-0.2, -0.15) is 0 Å². The van der Waals surface area contributed by atoms with Crippen molar-refractivity contribution in [3.8, 4) is 0 Å². The number of hydrogen-bond donors (Lipinski definition) is 0. The van der Waals surface area contributed by atoms with E-state index in [1.165, 1.54) is 12.8 Å². The predicted octanol–water partition coefficient (Wildman–Crippen LogP) is 2.58. The van der Waals surface area contributed by atoms with E-state index in [9.17, 15) is 9.59 Å². The Morgan fingerprint density at radius 2 is 1.80 bits per heavy atom. The summed E-state index contributed by atoms with van der Waals surface area (Å²) in [5.74, 6) is 0. The molecule has 0 aromatic carbocycles. The van der Waals surface area contributed by atoms with E-state index < -0.39 is 0 Å². The normalized spacial score (nSPS) is 23.1. The van der Waals surface area contributed by atoms with Gasteiger partial charge < -0.3 is 19.4 Å². The van der Waals surface area contributed by atoms with Gasteiger partial charge in [0.05, 0.1) is 6.61 Å². The highest BCUT2D eigenvalue weighted by molar-refractivity contribution is 5.69. The third-order valence-electron chi connectivity index (χ3n) is 5.90. The van der Waals surface area contributed by atoms with Crippen LogP contribution in [0.4, 0.5) is 4.79 Å². The van der Waals surface area contributed by atoms with Crippen molar-refractivity contribution >= 4 is 12.5 Å². The molecule has 25 heavy (non-hydrogen) atoms. The van der Waals surface area contributed by atoms with Gasteiger partial charge >= 0.3 is 6.09 Å². The maximum absolute atomic E-state index is 11.7. The molecule has 144 valence electrons. The number of carbonyl (C=O) groups excluding carboxylic acids is 2. The van der Waals surface area contributed by atoms with Crippen molar-refractivity contribution in [1.82, 2.24) is 14.7 Å². The van der Waals surface area contributed by atoms with Gasteiger partial charge in [0, 0.05) is 50.2 Å². The second-order valence-corrected chi connectivity index (χ2v) is 7.32. The van der Waals surface area contributed by atoms with Crippen LogP contribution in [0.1, 0.15) is 53.4 Å². The lowest BCUT2D eigenvalue weighted by atomic mass is 9.60. The van der Waals surface area contributed by atoms with Gasteiger partial charge in [0.15, 0.2) is 0 Å². The molecule has 0 atom stereocenters. The van der Waals surface area contributed by atoms with Crippen molar-refractivity contribution in [1.29, 1.82) is 0 Å². The monoisotopic (exact) mass is 353 g/mol. The first-order chi connectivity index (χ1) is 12.1. The molecule has 6 heteroatoms. The van der Waals surface area contributed by atoms with Gasteiger partial charge in [0.2, 0.25) is 6.41 Å². The van der Waals surface area contributed by atoms with E-state index in [4.69, 9.17) is 4.74 Å². The van der Waals surface area contributed by atoms with E-state index in [1.54, 1.807) is 0 Å². The van der Waals surface area contributed by atoms with Crippen molar-refractivity contribution in [3.63, 3.8) is 0 Å². The Balaban J connectivity index is 0.00000109. The quantitative estimate of drug-likeness (QED) is 0.713. The molecule has 3 fully saturated rings. The first-order valence-electron chi connectivity index (χ1n) is 9.97. The average molecular weight is 354 g/mol. The molecule has 2 heterocycles. The number of piperidine rings is 1. The van der Waals surface area contributed by atoms with E-state index >= 15 is 0 Å². The molecular formula is C19H35N3O3. The molecule has 3 rings (SSSR count). The first-order valence-corrected chi connectivity index (χ1v) is 9.97. The number of nitrogens with zero attached hydrogens (tertiary/aromatic N) is 3. The molecule has 2 saturated heterocycles. The number of carbonyl (C=O) groups is 2. The van der Waals surface area contributed by atoms with Gasteiger partial charge in [-0.1, -0.05) is 13.8 Å². The van der Waals surface area contributed by atoms with Crippen LogP contribution < -0.4 is 0 Å². The van der Waals surface area contributed by atoms with Crippen molar-refractivity contribution in [2.45, 2.75) is 65.5 Å². The van der Waals surface area contributed by atoms with Gasteiger partial charge in [-0.15, -0.1) is 0 Å². The zero-order valence-electron chi connectivity index (χ0n) is 16.4. The lowest BCUT2D eigenvalue weighted by molar-refractivity contribution is -0.123. The van der Waals surface area contributed by atoms with Crippen LogP contribution in [0.15, 0.2) is 0 Å². The van der Waals surface area contributed by atoms with Gasteiger partial charge in [0.1, 0.15) is 0 Å². The molecule has 0 radical (unpaired) electrons. The number of likely N-dealkylation sites (tertiary alicyclic amines) is 2. The molecule has 0 unspecified atom stereocenters. The Labute approximate surface area is 152 Å². The Morgan fingerprint density at radius 3 is 2.28 bits per heavy atom. The largest absolute Gasteiger partial charge is 0.450 e. The van der Waals surface area contributed by atoms with Crippen LogP contribution in [0.5, 0.6) is 0 Å². The summed E-state index contributed by atoms with van der Waals surface area (Å²) in [4.78, 5) is 29.1. The lowest BCUT2D eigenvalue weighted by Gasteiger charge is -2.61. The molecule has 2 aliphatic heterocycles. The topological polar surface area (TPSA) is 53.1 Å². The molecule has 6 nitrogen and oxygen atoms in total. The minimum absolute atomic E-state index is 0.157. The van der Waals surface area contributed by atoms with Crippen LogP contribution in [0.2, 0.25) is 0 Å². The standard InChI is InChI=1S/C17H29N3O3.C2H6/c1-3-18(13-21)14-5-7-19(8-6-14)15-9-17(10-15)11-20(12-17)16(22)23-4-2;1-2/h13-15H,3-12H2,1-2H3;1-2H3. The van der Waals surface area contributed by atoms with Crippen LogP contribution in [0.3, 0.4) is 0 Å². The fraction of sp³-hybridized carbons (Fsp3) is 0.895. The molecular weight excluding hydrogens is 318 g/mol. The summed E-state index contributed by atoms with van der Waals surface area (Å²) in [5.41, 5.74) is 0.368. The molecule has 0 aromatic heterocycles. The minimum atomic E-state index is -0.157. The summed E-state index contributed by atoms with van der Waals surface area (Å²) < 4.78 is 5.05. The predicted molar refractivity (Wildman–Crippen MR) is 98.4 cm³/mol. The van der Waals surface area contributed by atoms with Gasteiger partial charge in [0.25, 0.3) is 0 Å². The Morgan fingerprint density at radius 1 is 1.20 bits per heavy atom. The number of hydrogen-bond acceptors (Lipinski definition) is 4. The van der Waals surface area contributed by atoms with E-state index in [0.717, 1.165) is 52.0 Å². The average Bonchev–Trinajstić information content (AvgIpc) is 2.57. The number of rotatable bonds is 5. The highest BCUT2D eigenvalue weighted by atomic mass is 16.6.